The number of carboxylic acids is 1. The summed E-state index contributed by atoms with van der Waals surface area (Å²) in [6, 6.07) is 3.51. The number of halogens is 1. The van der Waals surface area contributed by atoms with E-state index in [1.807, 2.05) is 26.0 Å². The van der Waals surface area contributed by atoms with Crippen molar-refractivity contribution < 1.29 is 14.7 Å². The average Bonchev–Trinajstić information content (AvgIpc) is 2.22. The number of anilines is 1. The maximum Gasteiger partial charge on any atom is 0.321 e. The average molecular weight is 327 g/mol. The quantitative estimate of drug-likeness (QED) is 0.877. The highest BCUT2D eigenvalue weighted by Crippen LogP contribution is 2.25. The zero-order valence-corrected chi connectivity index (χ0v) is 12.3. The van der Waals surface area contributed by atoms with Crippen molar-refractivity contribution in [3.63, 3.8) is 0 Å². The van der Waals surface area contributed by atoms with E-state index >= 15 is 0 Å². The minimum atomic E-state index is -0.848. The van der Waals surface area contributed by atoms with Gasteiger partial charge in [-0.25, -0.2) is 4.79 Å². The molecule has 0 saturated carbocycles. The molecule has 19 heavy (non-hydrogen) atoms. The fourth-order valence-corrected chi connectivity index (χ4v) is 2.25. The van der Waals surface area contributed by atoms with Crippen molar-refractivity contribution in [2.75, 3.05) is 18.4 Å². The van der Waals surface area contributed by atoms with Gasteiger partial charge in [-0.1, -0.05) is 15.9 Å². The third-order valence-electron chi connectivity index (χ3n) is 3.21. The third kappa shape index (κ3) is 2.89. The van der Waals surface area contributed by atoms with E-state index < -0.39 is 11.9 Å². The first-order chi connectivity index (χ1) is 8.88. The van der Waals surface area contributed by atoms with E-state index in [1.54, 1.807) is 0 Å². The smallest absolute Gasteiger partial charge is 0.321 e. The molecule has 0 atom stereocenters. The van der Waals surface area contributed by atoms with Crippen LogP contribution in [0.5, 0.6) is 0 Å². The summed E-state index contributed by atoms with van der Waals surface area (Å²) in [4.78, 5) is 24.0. The fraction of sp³-hybridized carbons (Fsp3) is 0.385. The van der Waals surface area contributed by atoms with Gasteiger partial charge in [0.2, 0.25) is 0 Å². The minimum Gasteiger partial charge on any atom is -0.481 e. The van der Waals surface area contributed by atoms with Crippen LogP contribution in [0.4, 0.5) is 10.5 Å². The lowest BCUT2D eigenvalue weighted by Gasteiger charge is -2.36. The molecule has 6 heteroatoms. The molecular weight excluding hydrogens is 312 g/mol. The number of carbonyl (C=O) groups is 2. The molecule has 1 aliphatic rings. The Bertz CT molecular complexity index is 516. The second kappa shape index (κ2) is 5.21. The van der Waals surface area contributed by atoms with Crippen LogP contribution in [-0.4, -0.2) is 35.1 Å². The maximum absolute atomic E-state index is 11.9. The number of likely N-dealkylation sites (tertiary alicyclic amines) is 1. The Morgan fingerprint density at radius 1 is 1.32 bits per heavy atom. The number of hydrogen-bond acceptors (Lipinski definition) is 2. The van der Waals surface area contributed by atoms with Crippen LogP contribution in [0.3, 0.4) is 0 Å². The number of carbonyl (C=O) groups excluding carboxylic acids is 1. The summed E-state index contributed by atoms with van der Waals surface area (Å²) in [6.07, 6.45) is 0. The van der Waals surface area contributed by atoms with E-state index in [-0.39, 0.29) is 19.1 Å². The summed E-state index contributed by atoms with van der Waals surface area (Å²) < 4.78 is 1.03. The first-order valence-electron chi connectivity index (χ1n) is 5.94. The molecule has 1 aliphatic heterocycles. The number of nitrogens with zero attached hydrogens (tertiary/aromatic N) is 1. The molecule has 1 heterocycles. The molecular formula is C13H15BrN2O3. The summed E-state index contributed by atoms with van der Waals surface area (Å²) >= 11 is 3.47. The standard InChI is InChI=1S/C13H15BrN2O3/c1-7-3-10(4-8(2)11(7)14)15-13(19)16-5-9(6-16)12(17)18/h3-4,9H,5-6H2,1-2H3,(H,15,19)(H,17,18). The predicted molar refractivity (Wildman–Crippen MR) is 75.3 cm³/mol. The van der Waals surface area contributed by atoms with Crippen LogP contribution >= 0.6 is 15.9 Å². The van der Waals surface area contributed by atoms with Crippen LogP contribution in [0, 0.1) is 19.8 Å². The molecule has 2 amide bonds. The number of hydrogen-bond donors (Lipinski definition) is 2. The molecule has 1 saturated heterocycles. The molecule has 0 aliphatic carbocycles. The van der Waals surface area contributed by atoms with Crippen LogP contribution in [0.25, 0.3) is 0 Å². The van der Waals surface area contributed by atoms with Crippen LogP contribution in [-0.2, 0) is 4.79 Å². The molecule has 2 N–H and O–H groups in total. The number of urea groups is 1. The van der Waals surface area contributed by atoms with Gasteiger partial charge in [0.15, 0.2) is 0 Å². The van der Waals surface area contributed by atoms with Gasteiger partial charge in [0.25, 0.3) is 0 Å². The van der Waals surface area contributed by atoms with E-state index in [1.165, 1.54) is 4.90 Å². The first kappa shape index (κ1) is 13.9. The number of aliphatic carboxylic acids is 1. The van der Waals surface area contributed by atoms with Crippen molar-refractivity contribution in [2.24, 2.45) is 5.92 Å². The van der Waals surface area contributed by atoms with Crippen molar-refractivity contribution in [2.45, 2.75) is 13.8 Å². The Kier molecular flexibility index (Phi) is 3.80. The molecule has 2 rings (SSSR count). The van der Waals surface area contributed by atoms with Crippen molar-refractivity contribution in [1.29, 1.82) is 0 Å². The Hall–Kier alpha value is -1.56. The third-order valence-corrected chi connectivity index (χ3v) is 4.46. The van der Waals surface area contributed by atoms with Gasteiger partial charge in [0, 0.05) is 23.2 Å². The Morgan fingerprint density at radius 3 is 2.32 bits per heavy atom. The zero-order valence-electron chi connectivity index (χ0n) is 10.7. The van der Waals surface area contributed by atoms with Gasteiger partial charge in [-0.3, -0.25) is 4.79 Å². The first-order valence-corrected chi connectivity index (χ1v) is 6.73. The van der Waals surface area contributed by atoms with Gasteiger partial charge >= 0.3 is 12.0 Å². The van der Waals surface area contributed by atoms with Gasteiger partial charge < -0.3 is 15.3 Å². The van der Waals surface area contributed by atoms with Crippen LogP contribution < -0.4 is 5.32 Å². The predicted octanol–water partition coefficient (Wildman–Crippen LogP) is 2.61. The Balaban J connectivity index is 1.99. The van der Waals surface area contributed by atoms with Gasteiger partial charge in [0.05, 0.1) is 5.92 Å². The molecule has 1 aromatic rings. The highest BCUT2D eigenvalue weighted by atomic mass is 79.9. The topological polar surface area (TPSA) is 69.6 Å². The SMILES string of the molecule is Cc1cc(NC(=O)N2CC(C(=O)O)C2)cc(C)c1Br. The summed E-state index contributed by atoms with van der Waals surface area (Å²) in [5.41, 5.74) is 2.81. The highest BCUT2D eigenvalue weighted by molar-refractivity contribution is 9.10. The maximum atomic E-state index is 11.9. The van der Waals surface area contributed by atoms with Crippen LogP contribution in [0.2, 0.25) is 0 Å². The van der Waals surface area contributed by atoms with E-state index in [0.29, 0.717) is 0 Å². The molecule has 0 bridgehead atoms. The molecule has 1 aromatic carbocycles. The molecule has 0 aromatic heterocycles. The van der Waals surface area contributed by atoms with E-state index in [4.69, 9.17) is 5.11 Å². The molecule has 0 spiro atoms. The number of carboxylic acid groups (broad SMARTS) is 1. The molecule has 102 valence electrons. The van der Waals surface area contributed by atoms with E-state index in [9.17, 15) is 9.59 Å². The lowest BCUT2D eigenvalue weighted by molar-refractivity contribution is -0.145. The highest BCUT2D eigenvalue weighted by Gasteiger charge is 2.35. The normalized spacial score (nSPS) is 15.0. The van der Waals surface area contributed by atoms with Crippen molar-refractivity contribution in [1.82, 2.24) is 4.90 Å². The number of aryl methyl sites for hydroxylation is 2. The number of amides is 2. The second-order valence-corrected chi connectivity index (χ2v) is 5.59. The lowest BCUT2D eigenvalue weighted by Crippen LogP contribution is -2.54. The van der Waals surface area contributed by atoms with Gasteiger partial charge in [-0.05, 0) is 37.1 Å². The summed E-state index contributed by atoms with van der Waals surface area (Å²) in [5.74, 6) is -1.28. The molecule has 0 radical (unpaired) electrons. The minimum absolute atomic E-state index is 0.251. The Morgan fingerprint density at radius 2 is 1.84 bits per heavy atom. The van der Waals surface area contributed by atoms with Crippen molar-refractivity contribution in [3.05, 3.63) is 27.7 Å². The Labute approximate surface area is 119 Å². The fourth-order valence-electron chi connectivity index (χ4n) is 2.02. The molecule has 1 fully saturated rings. The number of nitrogens with one attached hydrogen (secondary N) is 1. The van der Waals surface area contributed by atoms with Gasteiger partial charge in [-0.15, -0.1) is 0 Å². The second-order valence-electron chi connectivity index (χ2n) is 4.79. The van der Waals surface area contributed by atoms with Crippen molar-refractivity contribution >= 4 is 33.6 Å². The molecule has 5 nitrogen and oxygen atoms in total. The monoisotopic (exact) mass is 326 g/mol. The van der Waals surface area contributed by atoms with Gasteiger partial charge in [-0.2, -0.15) is 0 Å². The summed E-state index contributed by atoms with van der Waals surface area (Å²) in [7, 11) is 0. The van der Waals surface area contributed by atoms with Crippen molar-refractivity contribution in [3.8, 4) is 0 Å². The zero-order chi connectivity index (χ0) is 14.2. The van der Waals surface area contributed by atoms with Crippen LogP contribution in [0.1, 0.15) is 11.1 Å². The number of benzene rings is 1. The largest absolute Gasteiger partial charge is 0.481 e. The summed E-state index contributed by atoms with van der Waals surface area (Å²) in [5, 5.41) is 11.5. The number of rotatable bonds is 2. The van der Waals surface area contributed by atoms with E-state index in [2.05, 4.69) is 21.2 Å². The molecule has 0 unspecified atom stereocenters. The van der Waals surface area contributed by atoms with E-state index in [0.717, 1.165) is 21.3 Å². The lowest BCUT2D eigenvalue weighted by atomic mass is 10.0. The van der Waals surface area contributed by atoms with Crippen LogP contribution in [0.15, 0.2) is 16.6 Å². The van der Waals surface area contributed by atoms with Gasteiger partial charge in [0.1, 0.15) is 0 Å². The summed E-state index contributed by atoms with van der Waals surface area (Å²) in [6.45, 7) is 4.46.